The van der Waals surface area contributed by atoms with E-state index in [0.717, 1.165) is 45.1 Å². The summed E-state index contributed by atoms with van der Waals surface area (Å²) in [5.41, 5.74) is 4.91. The Morgan fingerprint density at radius 3 is 2.27 bits per heavy atom. The van der Waals surface area contributed by atoms with Crippen molar-refractivity contribution in [2.24, 2.45) is 4.99 Å². The number of nitrogens with zero attached hydrogens (tertiary/aromatic N) is 1. The Hall–Kier alpha value is -1.64. The fourth-order valence-corrected chi connectivity index (χ4v) is 3.20. The third-order valence-electron chi connectivity index (χ3n) is 5.02. The molecule has 6 heteroatoms. The number of guanidine groups is 1. The van der Waals surface area contributed by atoms with E-state index in [1.807, 2.05) is 0 Å². The Balaban J connectivity index is 0.00000320. The van der Waals surface area contributed by atoms with Crippen LogP contribution in [-0.2, 0) is 29.2 Å². The number of halogens is 1. The molecule has 1 heterocycles. The van der Waals surface area contributed by atoms with Gasteiger partial charge in [0.2, 0.25) is 0 Å². The average molecular weight is 523 g/mol. The smallest absolute Gasteiger partial charge is 0.191 e. The summed E-state index contributed by atoms with van der Waals surface area (Å²) >= 11 is 0. The second-order valence-corrected chi connectivity index (χ2v) is 7.47. The molecular weight excluding hydrogens is 489 g/mol. The molecule has 3 rings (SSSR count). The summed E-state index contributed by atoms with van der Waals surface area (Å²) in [5, 5.41) is 6.71. The molecule has 2 aromatic carbocycles. The van der Waals surface area contributed by atoms with Crippen LogP contribution in [0.4, 0.5) is 0 Å². The summed E-state index contributed by atoms with van der Waals surface area (Å²) in [5.74, 6) is 0.833. The predicted molar refractivity (Wildman–Crippen MR) is 133 cm³/mol. The molecule has 5 nitrogen and oxygen atoms in total. The van der Waals surface area contributed by atoms with Gasteiger partial charge in [0.1, 0.15) is 0 Å². The van der Waals surface area contributed by atoms with Crippen molar-refractivity contribution >= 4 is 29.9 Å². The first kappa shape index (κ1) is 24.6. The molecular formula is C24H34IN3O2. The highest BCUT2D eigenvalue weighted by Crippen LogP contribution is 2.14. The van der Waals surface area contributed by atoms with Crippen LogP contribution in [0.2, 0.25) is 0 Å². The van der Waals surface area contributed by atoms with Gasteiger partial charge in [-0.1, -0.05) is 54.1 Å². The minimum Gasteiger partial charge on any atom is -0.381 e. The van der Waals surface area contributed by atoms with E-state index >= 15 is 0 Å². The first-order chi connectivity index (χ1) is 14.2. The standard InChI is InChI=1S/C24H33N3O2.HI/c1-3-25-24(26-16-20-6-4-19(2)5-7-20)27-17-21-8-10-22(11-9-21)18-29-23-12-14-28-15-13-23;/h4-11,23H,3,12-18H2,1-2H3,(H2,25,26,27);1H. The van der Waals surface area contributed by atoms with Crippen molar-refractivity contribution in [2.75, 3.05) is 19.8 Å². The molecule has 0 spiro atoms. The van der Waals surface area contributed by atoms with Gasteiger partial charge in [0.15, 0.2) is 5.96 Å². The van der Waals surface area contributed by atoms with Gasteiger partial charge in [0.05, 0.1) is 19.3 Å². The molecule has 0 saturated carbocycles. The van der Waals surface area contributed by atoms with Gasteiger partial charge in [-0.25, -0.2) is 4.99 Å². The van der Waals surface area contributed by atoms with Crippen LogP contribution in [0.5, 0.6) is 0 Å². The van der Waals surface area contributed by atoms with E-state index in [1.54, 1.807) is 0 Å². The number of aliphatic imine (C=N–C) groups is 1. The highest BCUT2D eigenvalue weighted by Gasteiger charge is 2.13. The third kappa shape index (κ3) is 8.62. The largest absolute Gasteiger partial charge is 0.381 e. The number of hydrogen-bond donors (Lipinski definition) is 2. The van der Waals surface area contributed by atoms with E-state index in [1.165, 1.54) is 22.3 Å². The predicted octanol–water partition coefficient (Wildman–Crippen LogP) is 4.56. The van der Waals surface area contributed by atoms with Crippen molar-refractivity contribution in [3.05, 3.63) is 70.8 Å². The molecule has 0 unspecified atom stereocenters. The minimum atomic E-state index is 0. The monoisotopic (exact) mass is 523 g/mol. The molecule has 1 aliphatic rings. The van der Waals surface area contributed by atoms with Gasteiger partial charge < -0.3 is 20.1 Å². The van der Waals surface area contributed by atoms with Crippen LogP contribution in [0.15, 0.2) is 53.5 Å². The van der Waals surface area contributed by atoms with Crippen molar-refractivity contribution in [1.29, 1.82) is 0 Å². The molecule has 2 aromatic rings. The molecule has 1 aliphatic heterocycles. The lowest BCUT2D eigenvalue weighted by Crippen LogP contribution is -2.36. The van der Waals surface area contributed by atoms with Crippen molar-refractivity contribution < 1.29 is 9.47 Å². The summed E-state index contributed by atoms with van der Waals surface area (Å²) in [4.78, 5) is 4.71. The van der Waals surface area contributed by atoms with Crippen LogP contribution >= 0.6 is 24.0 Å². The number of aryl methyl sites for hydroxylation is 1. The third-order valence-corrected chi connectivity index (χ3v) is 5.02. The molecule has 164 valence electrons. The summed E-state index contributed by atoms with van der Waals surface area (Å²) in [6.07, 6.45) is 2.32. The molecule has 0 aliphatic carbocycles. The lowest BCUT2D eigenvalue weighted by molar-refractivity contribution is -0.0390. The van der Waals surface area contributed by atoms with Gasteiger partial charge in [-0.2, -0.15) is 0 Å². The second kappa shape index (κ2) is 13.6. The number of ether oxygens (including phenoxy) is 2. The molecule has 1 fully saturated rings. The van der Waals surface area contributed by atoms with Crippen LogP contribution in [0, 0.1) is 6.92 Å². The highest BCUT2D eigenvalue weighted by atomic mass is 127. The van der Waals surface area contributed by atoms with E-state index in [-0.39, 0.29) is 24.0 Å². The second-order valence-electron chi connectivity index (χ2n) is 7.47. The zero-order valence-corrected chi connectivity index (χ0v) is 20.4. The lowest BCUT2D eigenvalue weighted by Gasteiger charge is -2.22. The average Bonchev–Trinajstić information content (AvgIpc) is 2.77. The van der Waals surface area contributed by atoms with Gasteiger partial charge >= 0.3 is 0 Å². The maximum Gasteiger partial charge on any atom is 0.191 e. The Kier molecular flexibility index (Phi) is 11.2. The highest BCUT2D eigenvalue weighted by molar-refractivity contribution is 14.0. The summed E-state index contributed by atoms with van der Waals surface area (Å²) in [6.45, 7) is 8.71. The molecule has 0 aromatic heterocycles. The molecule has 1 saturated heterocycles. The number of benzene rings is 2. The van der Waals surface area contributed by atoms with Crippen LogP contribution in [0.3, 0.4) is 0 Å². The molecule has 2 N–H and O–H groups in total. The lowest BCUT2D eigenvalue weighted by atomic mass is 10.1. The van der Waals surface area contributed by atoms with Crippen molar-refractivity contribution in [2.45, 2.75) is 52.5 Å². The fourth-order valence-electron chi connectivity index (χ4n) is 3.20. The van der Waals surface area contributed by atoms with E-state index in [0.29, 0.717) is 19.3 Å². The molecule has 0 radical (unpaired) electrons. The van der Waals surface area contributed by atoms with Crippen LogP contribution in [-0.4, -0.2) is 31.8 Å². The Bertz CT molecular complexity index is 757. The van der Waals surface area contributed by atoms with Crippen LogP contribution in [0.25, 0.3) is 0 Å². The van der Waals surface area contributed by atoms with Crippen LogP contribution < -0.4 is 10.6 Å². The maximum absolute atomic E-state index is 5.99. The molecule has 0 bridgehead atoms. The number of rotatable bonds is 8. The summed E-state index contributed by atoms with van der Waals surface area (Å²) in [6, 6.07) is 17.1. The first-order valence-electron chi connectivity index (χ1n) is 10.6. The minimum absolute atomic E-state index is 0. The van der Waals surface area contributed by atoms with Crippen LogP contribution in [0.1, 0.15) is 42.0 Å². The van der Waals surface area contributed by atoms with E-state index in [4.69, 9.17) is 14.5 Å². The SMILES string of the molecule is CCNC(=NCc1ccc(COC2CCOCC2)cc1)NCc1ccc(C)cc1.I. The molecule has 30 heavy (non-hydrogen) atoms. The van der Waals surface area contributed by atoms with Gasteiger partial charge in [0, 0.05) is 26.3 Å². The number of hydrogen-bond acceptors (Lipinski definition) is 3. The number of nitrogens with one attached hydrogen (secondary N) is 2. The Morgan fingerprint density at radius 2 is 1.60 bits per heavy atom. The van der Waals surface area contributed by atoms with Gasteiger partial charge in [-0.05, 0) is 43.4 Å². The summed E-state index contributed by atoms with van der Waals surface area (Å²) in [7, 11) is 0. The zero-order chi connectivity index (χ0) is 20.3. The topological polar surface area (TPSA) is 54.9 Å². The Labute approximate surface area is 197 Å². The first-order valence-corrected chi connectivity index (χ1v) is 10.6. The fraction of sp³-hybridized carbons (Fsp3) is 0.458. The summed E-state index contributed by atoms with van der Waals surface area (Å²) < 4.78 is 11.4. The molecule has 0 atom stereocenters. The van der Waals surface area contributed by atoms with Gasteiger partial charge in [-0.15, -0.1) is 24.0 Å². The van der Waals surface area contributed by atoms with Gasteiger partial charge in [-0.3, -0.25) is 0 Å². The van der Waals surface area contributed by atoms with E-state index in [9.17, 15) is 0 Å². The van der Waals surface area contributed by atoms with E-state index in [2.05, 4.69) is 73.0 Å². The zero-order valence-electron chi connectivity index (χ0n) is 18.0. The van der Waals surface area contributed by atoms with E-state index < -0.39 is 0 Å². The maximum atomic E-state index is 5.99. The Morgan fingerprint density at radius 1 is 0.967 bits per heavy atom. The van der Waals surface area contributed by atoms with Crippen molar-refractivity contribution in [3.63, 3.8) is 0 Å². The van der Waals surface area contributed by atoms with Crippen molar-refractivity contribution in [1.82, 2.24) is 10.6 Å². The van der Waals surface area contributed by atoms with Crippen molar-refractivity contribution in [3.8, 4) is 0 Å². The molecule has 0 amide bonds. The quantitative estimate of drug-likeness (QED) is 0.303. The normalized spacial score (nSPS) is 14.8. The van der Waals surface area contributed by atoms with Gasteiger partial charge in [0.25, 0.3) is 0 Å².